The fourth-order valence-electron chi connectivity index (χ4n) is 2.05. The van der Waals surface area contributed by atoms with Crippen LogP contribution in [0.15, 0.2) is 0 Å². The lowest BCUT2D eigenvalue weighted by Crippen LogP contribution is -2.61. The van der Waals surface area contributed by atoms with Crippen molar-refractivity contribution in [2.24, 2.45) is 11.7 Å². The number of hydrogen-bond donors (Lipinski definition) is 3. The van der Waals surface area contributed by atoms with E-state index in [1.54, 1.807) is 14.0 Å². The van der Waals surface area contributed by atoms with Gasteiger partial charge >= 0.3 is 0 Å². The van der Waals surface area contributed by atoms with Crippen LogP contribution in [0.1, 0.15) is 34.1 Å². The van der Waals surface area contributed by atoms with Crippen LogP contribution in [0.25, 0.3) is 0 Å². The topological polar surface area (TPSA) is 67.5 Å². The summed E-state index contributed by atoms with van der Waals surface area (Å²) in [5.74, 6) is 0.383. The summed E-state index contributed by atoms with van der Waals surface area (Å²) in [6.45, 7) is 9.25. The fourth-order valence-corrected chi connectivity index (χ4v) is 2.05. The van der Waals surface area contributed by atoms with Gasteiger partial charge in [0.1, 0.15) is 0 Å². The summed E-state index contributed by atoms with van der Waals surface area (Å²) in [5, 5.41) is 12.9. The Kier molecular flexibility index (Phi) is 7.15. The molecule has 0 spiro atoms. The fraction of sp³-hybridized carbons (Fsp3) is 1.00. The van der Waals surface area contributed by atoms with E-state index in [4.69, 9.17) is 10.5 Å². The van der Waals surface area contributed by atoms with Crippen LogP contribution >= 0.6 is 0 Å². The molecule has 0 aromatic heterocycles. The lowest BCUT2D eigenvalue weighted by atomic mass is 9.86. The van der Waals surface area contributed by atoms with E-state index in [1.165, 1.54) is 0 Å². The van der Waals surface area contributed by atoms with Crippen LogP contribution in [-0.4, -0.2) is 43.1 Å². The van der Waals surface area contributed by atoms with Gasteiger partial charge in [0, 0.05) is 19.7 Å². The monoisotopic (exact) mass is 232 g/mol. The second-order valence-corrected chi connectivity index (χ2v) is 5.08. The lowest BCUT2D eigenvalue weighted by molar-refractivity contribution is 0.0678. The Labute approximate surface area is 99.6 Å². The van der Waals surface area contributed by atoms with Gasteiger partial charge in [-0.05, 0) is 26.2 Å². The first-order chi connectivity index (χ1) is 7.38. The van der Waals surface area contributed by atoms with Crippen molar-refractivity contribution in [2.75, 3.05) is 20.3 Å². The van der Waals surface area contributed by atoms with E-state index < -0.39 is 0 Å². The first kappa shape index (κ1) is 15.8. The van der Waals surface area contributed by atoms with Crippen LogP contribution in [0.2, 0.25) is 0 Å². The molecule has 3 unspecified atom stereocenters. The summed E-state index contributed by atoms with van der Waals surface area (Å²) in [6.07, 6.45) is 0.422. The molecule has 0 aromatic carbocycles. The van der Waals surface area contributed by atoms with Gasteiger partial charge in [0.25, 0.3) is 0 Å². The third-order valence-electron chi connectivity index (χ3n) is 3.10. The molecule has 4 N–H and O–H groups in total. The zero-order valence-corrected chi connectivity index (χ0v) is 11.3. The zero-order valence-electron chi connectivity index (χ0n) is 11.3. The molecular weight excluding hydrogens is 204 g/mol. The van der Waals surface area contributed by atoms with Crippen LogP contribution < -0.4 is 11.1 Å². The summed E-state index contributed by atoms with van der Waals surface area (Å²) in [5.41, 5.74) is 5.66. The Balaban J connectivity index is 4.51. The van der Waals surface area contributed by atoms with Crippen LogP contribution in [0.5, 0.6) is 0 Å². The number of ether oxygens (including phenoxy) is 1. The molecule has 4 nitrogen and oxygen atoms in total. The predicted molar refractivity (Wildman–Crippen MR) is 67.4 cm³/mol. The van der Waals surface area contributed by atoms with Gasteiger partial charge < -0.3 is 20.9 Å². The molecule has 4 heteroatoms. The Bertz CT molecular complexity index is 186. The highest BCUT2D eigenvalue weighted by molar-refractivity contribution is 4.94. The van der Waals surface area contributed by atoms with Gasteiger partial charge in [0.05, 0.1) is 18.2 Å². The Morgan fingerprint density at radius 3 is 2.19 bits per heavy atom. The van der Waals surface area contributed by atoms with E-state index >= 15 is 0 Å². The highest BCUT2D eigenvalue weighted by Crippen LogP contribution is 2.18. The summed E-state index contributed by atoms with van der Waals surface area (Å²) < 4.78 is 5.26. The van der Waals surface area contributed by atoms with Gasteiger partial charge in [-0.3, -0.25) is 0 Å². The molecule has 0 heterocycles. The highest BCUT2D eigenvalue weighted by Gasteiger charge is 2.33. The molecule has 3 atom stereocenters. The highest BCUT2D eigenvalue weighted by atomic mass is 16.5. The summed E-state index contributed by atoms with van der Waals surface area (Å²) in [6, 6.07) is 0.223. The molecule has 0 saturated carbocycles. The van der Waals surface area contributed by atoms with Crippen molar-refractivity contribution >= 4 is 0 Å². The molecular formula is C12H28N2O2. The van der Waals surface area contributed by atoms with Gasteiger partial charge in [-0.15, -0.1) is 0 Å². The molecule has 0 bridgehead atoms. The van der Waals surface area contributed by atoms with Crippen molar-refractivity contribution < 1.29 is 9.84 Å². The maximum Gasteiger partial charge on any atom is 0.0659 e. The Morgan fingerprint density at radius 2 is 1.88 bits per heavy atom. The van der Waals surface area contributed by atoms with Gasteiger partial charge in [-0.2, -0.15) is 0 Å². The number of nitrogens with two attached hydrogens (primary N) is 1. The standard InChI is InChI=1S/C12H28N2O2/c1-9(2)12(7-13,8-16-5)14-10(3)6-11(4)15/h9-11,14-15H,6-8,13H2,1-5H3. The third-order valence-corrected chi connectivity index (χ3v) is 3.10. The molecule has 0 amide bonds. The van der Waals surface area contributed by atoms with Crippen molar-refractivity contribution in [3.05, 3.63) is 0 Å². The molecule has 0 aliphatic rings. The van der Waals surface area contributed by atoms with Crippen molar-refractivity contribution in [3.8, 4) is 0 Å². The van der Waals surface area contributed by atoms with E-state index in [0.717, 1.165) is 6.42 Å². The molecule has 0 fully saturated rings. The van der Waals surface area contributed by atoms with E-state index in [0.29, 0.717) is 19.1 Å². The van der Waals surface area contributed by atoms with Gasteiger partial charge in [-0.1, -0.05) is 13.8 Å². The van der Waals surface area contributed by atoms with Gasteiger partial charge in [0.15, 0.2) is 0 Å². The molecule has 0 aromatic rings. The number of aliphatic hydroxyl groups is 1. The normalized spacial score (nSPS) is 19.5. The first-order valence-electron chi connectivity index (χ1n) is 6.02. The van der Waals surface area contributed by atoms with E-state index in [2.05, 4.69) is 26.1 Å². The third kappa shape index (κ3) is 4.78. The second-order valence-electron chi connectivity index (χ2n) is 5.08. The second kappa shape index (κ2) is 7.22. The number of aliphatic hydroxyl groups excluding tert-OH is 1. The quantitative estimate of drug-likeness (QED) is 0.577. The van der Waals surface area contributed by atoms with Crippen LogP contribution in [0.4, 0.5) is 0 Å². The van der Waals surface area contributed by atoms with E-state index in [-0.39, 0.29) is 17.7 Å². The minimum atomic E-state index is -0.298. The van der Waals surface area contributed by atoms with E-state index in [1.807, 2.05) is 0 Å². The zero-order chi connectivity index (χ0) is 12.8. The molecule has 0 rings (SSSR count). The molecule has 16 heavy (non-hydrogen) atoms. The number of nitrogens with one attached hydrogen (secondary N) is 1. The number of hydrogen-bond acceptors (Lipinski definition) is 4. The lowest BCUT2D eigenvalue weighted by Gasteiger charge is -2.39. The average molecular weight is 232 g/mol. The average Bonchev–Trinajstić information content (AvgIpc) is 2.15. The maximum atomic E-state index is 9.36. The minimum absolute atomic E-state index is 0.205. The predicted octanol–water partition coefficient (Wildman–Crippen LogP) is 0.735. The van der Waals surface area contributed by atoms with Gasteiger partial charge in [0.2, 0.25) is 0 Å². The van der Waals surface area contributed by atoms with Crippen LogP contribution in [0.3, 0.4) is 0 Å². The minimum Gasteiger partial charge on any atom is -0.393 e. The van der Waals surface area contributed by atoms with Crippen LogP contribution in [0, 0.1) is 5.92 Å². The molecule has 0 radical (unpaired) electrons. The van der Waals surface area contributed by atoms with Crippen LogP contribution in [-0.2, 0) is 4.74 Å². The number of methoxy groups -OCH3 is 1. The van der Waals surface area contributed by atoms with Gasteiger partial charge in [-0.25, -0.2) is 0 Å². The number of rotatable bonds is 8. The molecule has 0 aliphatic heterocycles. The summed E-state index contributed by atoms with van der Waals surface area (Å²) >= 11 is 0. The Morgan fingerprint density at radius 1 is 1.31 bits per heavy atom. The van der Waals surface area contributed by atoms with Crippen molar-refractivity contribution in [2.45, 2.75) is 51.8 Å². The molecule has 0 saturated heterocycles. The molecule has 0 aliphatic carbocycles. The van der Waals surface area contributed by atoms with Crippen molar-refractivity contribution in [1.82, 2.24) is 5.32 Å². The van der Waals surface area contributed by atoms with E-state index in [9.17, 15) is 5.11 Å². The summed E-state index contributed by atoms with van der Waals surface area (Å²) in [4.78, 5) is 0. The SMILES string of the molecule is COCC(CN)(NC(C)CC(C)O)C(C)C. The first-order valence-corrected chi connectivity index (χ1v) is 6.02. The van der Waals surface area contributed by atoms with Crippen molar-refractivity contribution in [3.63, 3.8) is 0 Å². The smallest absolute Gasteiger partial charge is 0.0659 e. The molecule has 98 valence electrons. The largest absolute Gasteiger partial charge is 0.393 e. The Hall–Kier alpha value is -0.160. The van der Waals surface area contributed by atoms with Crippen molar-refractivity contribution in [1.29, 1.82) is 0 Å². The maximum absolute atomic E-state index is 9.36. The summed E-state index contributed by atoms with van der Waals surface area (Å²) in [7, 11) is 1.69.